The van der Waals surface area contributed by atoms with E-state index in [1.54, 1.807) is 0 Å². The second-order valence-electron chi connectivity index (χ2n) is 3.75. The van der Waals surface area contributed by atoms with Crippen molar-refractivity contribution in [1.29, 1.82) is 0 Å². The molecular formula is C8H19N3O. The van der Waals surface area contributed by atoms with Crippen LogP contribution in [-0.2, 0) is 0 Å². The van der Waals surface area contributed by atoms with Crippen LogP contribution in [0.4, 0.5) is 0 Å². The largest absolute Gasteiger partial charge is 0.366 e. The Morgan fingerprint density at radius 2 is 2.33 bits per heavy atom. The molecule has 0 aromatic rings. The summed E-state index contributed by atoms with van der Waals surface area (Å²) in [6.07, 6.45) is 0.187. The van der Waals surface area contributed by atoms with Crippen LogP contribution in [0.5, 0.6) is 0 Å². The van der Waals surface area contributed by atoms with E-state index in [-0.39, 0.29) is 0 Å². The molecule has 0 radical (unpaired) electrons. The number of hydrogen-bond donors (Lipinski definition) is 3. The summed E-state index contributed by atoms with van der Waals surface area (Å²) in [6.45, 7) is 4.33. The number of aliphatic hydroxyl groups is 1. The van der Waals surface area contributed by atoms with E-state index in [0.717, 1.165) is 19.5 Å². The van der Waals surface area contributed by atoms with E-state index in [2.05, 4.69) is 24.2 Å². The molecule has 72 valence electrons. The van der Waals surface area contributed by atoms with Crippen molar-refractivity contribution in [2.45, 2.75) is 25.7 Å². The molecule has 0 aliphatic carbocycles. The van der Waals surface area contributed by atoms with Gasteiger partial charge >= 0.3 is 0 Å². The SMILES string of the molecule is CC1CN(C)CCC1NC(N)O. The molecule has 1 fully saturated rings. The number of likely N-dealkylation sites (tertiary alicyclic amines) is 1. The van der Waals surface area contributed by atoms with Gasteiger partial charge in [0, 0.05) is 12.6 Å². The van der Waals surface area contributed by atoms with Gasteiger partial charge < -0.3 is 10.0 Å². The topological polar surface area (TPSA) is 61.5 Å². The first kappa shape index (κ1) is 9.92. The Morgan fingerprint density at radius 3 is 2.83 bits per heavy atom. The van der Waals surface area contributed by atoms with Crippen molar-refractivity contribution in [3.8, 4) is 0 Å². The fourth-order valence-corrected chi connectivity index (χ4v) is 1.82. The Labute approximate surface area is 73.7 Å². The van der Waals surface area contributed by atoms with Gasteiger partial charge in [-0.05, 0) is 25.9 Å². The zero-order valence-corrected chi connectivity index (χ0v) is 7.83. The third-order valence-corrected chi connectivity index (χ3v) is 2.49. The minimum atomic E-state index is -0.874. The minimum absolute atomic E-state index is 0.362. The molecule has 3 unspecified atom stereocenters. The van der Waals surface area contributed by atoms with Crippen LogP contribution >= 0.6 is 0 Å². The molecule has 1 rings (SSSR count). The molecule has 1 saturated heterocycles. The van der Waals surface area contributed by atoms with Gasteiger partial charge in [-0.25, -0.2) is 0 Å². The van der Waals surface area contributed by atoms with Crippen LogP contribution in [0.15, 0.2) is 0 Å². The van der Waals surface area contributed by atoms with Crippen LogP contribution in [0.25, 0.3) is 0 Å². The Morgan fingerprint density at radius 1 is 1.67 bits per heavy atom. The van der Waals surface area contributed by atoms with Crippen molar-refractivity contribution >= 4 is 0 Å². The third kappa shape index (κ3) is 2.71. The fraction of sp³-hybridized carbons (Fsp3) is 1.00. The molecule has 0 aromatic carbocycles. The summed E-state index contributed by atoms with van der Waals surface area (Å²) in [6, 6.07) is 0.362. The number of nitrogens with zero attached hydrogens (tertiary/aromatic N) is 1. The van der Waals surface area contributed by atoms with E-state index < -0.39 is 6.35 Å². The maximum absolute atomic E-state index is 8.94. The van der Waals surface area contributed by atoms with Crippen LogP contribution in [0.3, 0.4) is 0 Å². The molecule has 4 N–H and O–H groups in total. The summed E-state index contributed by atoms with van der Waals surface area (Å²) in [5.41, 5.74) is 5.25. The van der Waals surface area contributed by atoms with Crippen LogP contribution < -0.4 is 11.1 Å². The van der Waals surface area contributed by atoms with Crippen molar-refractivity contribution in [2.75, 3.05) is 20.1 Å². The molecule has 0 bridgehead atoms. The van der Waals surface area contributed by atoms with Gasteiger partial charge in [0.05, 0.1) is 0 Å². The van der Waals surface area contributed by atoms with Gasteiger partial charge in [0.1, 0.15) is 0 Å². The molecule has 1 aliphatic heterocycles. The molecule has 12 heavy (non-hydrogen) atoms. The average molecular weight is 173 g/mol. The number of hydrogen-bond acceptors (Lipinski definition) is 4. The van der Waals surface area contributed by atoms with Gasteiger partial charge in [-0.15, -0.1) is 0 Å². The first-order valence-corrected chi connectivity index (χ1v) is 4.48. The first-order chi connectivity index (χ1) is 5.59. The summed E-state index contributed by atoms with van der Waals surface area (Å²) >= 11 is 0. The normalized spacial score (nSPS) is 35.0. The number of nitrogens with one attached hydrogen (secondary N) is 1. The van der Waals surface area contributed by atoms with Crippen LogP contribution in [0.1, 0.15) is 13.3 Å². The molecule has 0 saturated carbocycles. The Hall–Kier alpha value is -0.160. The lowest BCUT2D eigenvalue weighted by Gasteiger charge is -2.35. The third-order valence-electron chi connectivity index (χ3n) is 2.49. The lowest BCUT2D eigenvalue weighted by molar-refractivity contribution is 0.0868. The maximum atomic E-state index is 8.94. The Balaban J connectivity index is 2.34. The van der Waals surface area contributed by atoms with Crippen molar-refractivity contribution in [2.24, 2.45) is 11.7 Å². The summed E-state index contributed by atoms with van der Waals surface area (Å²) < 4.78 is 0. The quantitative estimate of drug-likeness (QED) is 0.476. The molecule has 1 heterocycles. The number of aliphatic hydroxyl groups excluding tert-OH is 1. The van der Waals surface area contributed by atoms with Gasteiger partial charge in [-0.1, -0.05) is 6.92 Å². The lowest BCUT2D eigenvalue weighted by Crippen LogP contribution is -2.52. The summed E-state index contributed by atoms with van der Waals surface area (Å²) in [4.78, 5) is 2.30. The highest BCUT2D eigenvalue weighted by molar-refractivity contribution is 4.81. The summed E-state index contributed by atoms with van der Waals surface area (Å²) in [7, 11) is 2.12. The summed E-state index contributed by atoms with van der Waals surface area (Å²) in [5, 5.41) is 11.9. The van der Waals surface area contributed by atoms with Crippen molar-refractivity contribution in [1.82, 2.24) is 10.2 Å². The maximum Gasteiger partial charge on any atom is 0.158 e. The molecule has 0 aromatic heterocycles. The highest BCUT2D eigenvalue weighted by Gasteiger charge is 2.24. The minimum Gasteiger partial charge on any atom is -0.366 e. The second-order valence-corrected chi connectivity index (χ2v) is 3.75. The van der Waals surface area contributed by atoms with Crippen LogP contribution in [-0.4, -0.2) is 42.5 Å². The molecule has 1 aliphatic rings. The Bertz CT molecular complexity index is 140. The van der Waals surface area contributed by atoms with E-state index in [1.807, 2.05) is 0 Å². The standard InChI is InChI=1S/C8H19N3O/c1-6-5-11(2)4-3-7(6)10-8(9)12/h6-8,10,12H,3-5,9H2,1-2H3. The van der Waals surface area contributed by atoms with Crippen LogP contribution in [0, 0.1) is 5.92 Å². The van der Waals surface area contributed by atoms with E-state index in [1.165, 1.54) is 0 Å². The van der Waals surface area contributed by atoms with Crippen molar-refractivity contribution in [3.05, 3.63) is 0 Å². The van der Waals surface area contributed by atoms with Crippen LogP contribution in [0.2, 0.25) is 0 Å². The average Bonchev–Trinajstić information content (AvgIpc) is 1.94. The highest BCUT2D eigenvalue weighted by Crippen LogP contribution is 2.14. The zero-order chi connectivity index (χ0) is 9.14. The van der Waals surface area contributed by atoms with E-state index in [0.29, 0.717) is 12.0 Å². The van der Waals surface area contributed by atoms with E-state index in [9.17, 15) is 0 Å². The molecule has 0 amide bonds. The van der Waals surface area contributed by atoms with Gasteiger partial charge in [0.2, 0.25) is 0 Å². The predicted molar refractivity (Wildman–Crippen MR) is 48.4 cm³/mol. The van der Waals surface area contributed by atoms with Gasteiger partial charge in [-0.2, -0.15) is 0 Å². The molecule has 4 nitrogen and oxygen atoms in total. The first-order valence-electron chi connectivity index (χ1n) is 4.48. The van der Waals surface area contributed by atoms with Gasteiger partial charge in [0.25, 0.3) is 0 Å². The fourth-order valence-electron chi connectivity index (χ4n) is 1.82. The van der Waals surface area contributed by atoms with E-state index >= 15 is 0 Å². The van der Waals surface area contributed by atoms with E-state index in [4.69, 9.17) is 10.8 Å². The second kappa shape index (κ2) is 4.18. The number of piperidine rings is 1. The van der Waals surface area contributed by atoms with Gasteiger partial charge in [0.15, 0.2) is 6.35 Å². The monoisotopic (exact) mass is 173 g/mol. The molecule has 3 atom stereocenters. The number of nitrogens with two attached hydrogens (primary N) is 1. The lowest BCUT2D eigenvalue weighted by atomic mass is 9.94. The van der Waals surface area contributed by atoms with Crippen molar-refractivity contribution in [3.63, 3.8) is 0 Å². The Kier molecular flexibility index (Phi) is 3.46. The molecule has 0 spiro atoms. The highest BCUT2D eigenvalue weighted by atomic mass is 16.3. The van der Waals surface area contributed by atoms with Gasteiger partial charge in [-0.3, -0.25) is 11.1 Å². The smallest absolute Gasteiger partial charge is 0.158 e. The van der Waals surface area contributed by atoms with Crippen molar-refractivity contribution < 1.29 is 5.11 Å². The molecule has 4 heteroatoms. The summed E-state index contributed by atoms with van der Waals surface area (Å²) in [5.74, 6) is 0.557. The predicted octanol–water partition coefficient (Wildman–Crippen LogP) is -0.849. The zero-order valence-electron chi connectivity index (χ0n) is 7.83. The molecular weight excluding hydrogens is 154 g/mol. The number of rotatable bonds is 2.